The van der Waals surface area contributed by atoms with Gasteiger partial charge in [-0.1, -0.05) is 53.7 Å². The van der Waals surface area contributed by atoms with Crippen LogP contribution in [0.1, 0.15) is 37.7 Å². The second-order valence-electron chi connectivity index (χ2n) is 8.18. The molecular weight excluding hydrogens is 461 g/mol. The van der Waals surface area contributed by atoms with Crippen LogP contribution in [-0.4, -0.2) is 35.5 Å². The third-order valence-electron chi connectivity index (χ3n) is 5.62. The minimum Gasteiger partial charge on any atom is -0.497 e. The van der Waals surface area contributed by atoms with E-state index in [1.807, 2.05) is 30.3 Å². The summed E-state index contributed by atoms with van der Waals surface area (Å²) in [4.78, 5) is 27.5. The number of methoxy groups -OCH3 is 1. The quantitative estimate of drug-likeness (QED) is 0.352. The molecular formula is C28H26FN3O4. The minimum atomic E-state index is -0.427. The molecule has 8 heteroatoms. The number of benzene rings is 3. The molecule has 0 aliphatic rings. The molecule has 0 radical (unpaired) electrons. The topological polar surface area (TPSA) is 84.7 Å². The molecule has 2 amide bonds. The number of ether oxygens (including phenoxy) is 1. The molecule has 0 saturated heterocycles. The van der Waals surface area contributed by atoms with E-state index in [9.17, 15) is 14.0 Å². The molecule has 7 nitrogen and oxygen atoms in total. The molecule has 0 aliphatic carbocycles. The third kappa shape index (κ3) is 6.56. The number of amides is 2. The van der Waals surface area contributed by atoms with Gasteiger partial charge in [-0.25, -0.2) is 4.39 Å². The molecule has 0 aliphatic heterocycles. The Bertz CT molecular complexity index is 1310. The van der Waals surface area contributed by atoms with Crippen LogP contribution in [0.25, 0.3) is 0 Å². The summed E-state index contributed by atoms with van der Waals surface area (Å²) < 4.78 is 23.7. The molecule has 0 unspecified atom stereocenters. The first-order valence-electron chi connectivity index (χ1n) is 11.5. The Hall–Kier alpha value is -4.46. The van der Waals surface area contributed by atoms with E-state index in [-0.39, 0.29) is 30.5 Å². The summed E-state index contributed by atoms with van der Waals surface area (Å²) in [6, 6.07) is 24.2. The predicted molar refractivity (Wildman–Crippen MR) is 132 cm³/mol. The normalized spacial score (nSPS) is 10.6. The molecule has 3 aromatic carbocycles. The van der Waals surface area contributed by atoms with Crippen LogP contribution >= 0.6 is 0 Å². The van der Waals surface area contributed by atoms with Gasteiger partial charge in [-0.15, -0.1) is 0 Å². The van der Waals surface area contributed by atoms with Crippen LogP contribution < -0.4 is 10.1 Å². The number of carbonyl (C=O) groups is 2. The van der Waals surface area contributed by atoms with Crippen LogP contribution in [0.15, 0.2) is 89.5 Å². The van der Waals surface area contributed by atoms with Gasteiger partial charge in [-0.05, 0) is 47.9 Å². The van der Waals surface area contributed by atoms with Crippen molar-refractivity contribution in [2.24, 2.45) is 0 Å². The predicted octanol–water partition coefficient (Wildman–Crippen LogP) is 4.64. The maximum absolute atomic E-state index is 13.4. The van der Waals surface area contributed by atoms with Crippen LogP contribution in [0.2, 0.25) is 0 Å². The molecule has 1 N–H and O–H groups in total. The molecule has 0 spiro atoms. The van der Waals surface area contributed by atoms with Gasteiger partial charge in [0.15, 0.2) is 11.5 Å². The number of carbonyl (C=O) groups excluding carboxylic acids is 2. The molecule has 4 aromatic rings. The van der Waals surface area contributed by atoms with Crippen LogP contribution in [0.3, 0.4) is 0 Å². The van der Waals surface area contributed by atoms with Crippen LogP contribution in [-0.2, 0) is 19.5 Å². The Morgan fingerprint density at radius 1 is 0.972 bits per heavy atom. The highest BCUT2D eigenvalue weighted by molar-refractivity contribution is 5.95. The Labute approximate surface area is 208 Å². The summed E-state index contributed by atoms with van der Waals surface area (Å²) >= 11 is 0. The molecule has 0 bridgehead atoms. The molecule has 4 rings (SSSR count). The van der Waals surface area contributed by atoms with Gasteiger partial charge >= 0.3 is 0 Å². The molecule has 184 valence electrons. The Morgan fingerprint density at radius 3 is 2.50 bits per heavy atom. The molecule has 0 fully saturated rings. The van der Waals surface area contributed by atoms with E-state index >= 15 is 0 Å². The number of nitrogens with zero attached hydrogens (tertiary/aromatic N) is 2. The van der Waals surface area contributed by atoms with Crippen molar-refractivity contribution in [2.75, 3.05) is 13.7 Å². The van der Waals surface area contributed by atoms with Gasteiger partial charge in [-0.3, -0.25) is 9.59 Å². The van der Waals surface area contributed by atoms with Gasteiger partial charge in [-0.2, -0.15) is 0 Å². The molecule has 0 saturated carbocycles. The Morgan fingerprint density at radius 2 is 1.75 bits per heavy atom. The second-order valence-corrected chi connectivity index (χ2v) is 8.18. The smallest absolute Gasteiger partial charge is 0.273 e. The van der Waals surface area contributed by atoms with E-state index in [1.54, 1.807) is 48.4 Å². The van der Waals surface area contributed by atoms with Crippen LogP contribution in [0, 0.1) is 5.82 Å². The summed E-state index contributed by atoms with van der Waals surface area (Å²) in [6.45, 7) is 0.798. The minimum absolute atomic E-state index is 0.101. The summed E-state index contributed by atoms with van der Waals surface area (Å²) in [6.07, 6.45) is 0.649. The van der Waals surface area contributed by atoms with Gasteiger partial charge in [0.05, 0.1) is 13.7 Å². The third-order valence-corrected chi connectivity index (χ3v) is 5.62. The number of nitrogens with one attached hydrogen (secondary N) is 1. The van der Waals surface area contributed by atoms with Crippen LogP contribution in [0.4, 0.5) is 4.39 Å². The fourth-order valence-corrected chi connectivity index (χ4v) is 3.66. The van der Waals surface area contributed by atoms with Crippen molar-refractivity contribution in [3.63, 3.8) is 0 Å². The van der Waals surface area contributed by atoms with Gasteiger partial charge in [0.1, 0.15) is 11.6 Å². The Kier molecular flexibility index (Phi) is 8.08. The van der Waals surface area contributed by atoms with Crippen molar-refractivity contribution >= 4 is 11.8 Å². The molecule has 1 aromatic heterocycles. The van der Waals surface area contributed by atoms with E-state index in [2.05, 4.69) is 10.5 Å². The zero-order chi connectivity index (χ0) is 25.3. The zero-order valence-corrected chi connectivity index (χ0v) is 19.8. The first-order valence-corrected chi connectivity index (χ1v) is 11.5. The highest BCUT2D eigenvalue weighted by atomic mass is 19.1. The van der Waals surface area contributed by atoms with Crippen molar-refractivity contribution in [3.8, 4) is 5.75 Å². The van der Waals surface area contributed by atoms with Crippen molar-refractivity contribution in [1.82, 2.24) is 15.4 Å². The van der Waals surface area contributed by atoms with Gasteiger partial charge < -0.3 is 19.5 Å². The highest BCUT2D eigenvalue weighted by Crippen LogP contribution is 2.17. The van der Waals surface area contributed by atoms with E-state index < -0.39 is 5.91 Å². The van der Waals surface area contributed by atoms with Gasteiger partial charge in [0, 0.05) is 24.7 Å². The fourth-order valence-electron chi connectivity index (χ4n) is 3.66. The lowest BCUT2D eigenvalue weighted by molar-refractivity contribution is 0.0728. The van der Waals surface area contributed by atoms with E-state index in [4.69, 9.17) is 9.26 Å². The zero-order valence-electron chi connectivity index (χ0n) is 19.8. The van der Waals surface area contributed by atoms with E-state index in [0.717, 1.165) is 11.1 Å². The maximum atomic E-state index is 13.4. The number of hydrogen-bond donors (Lipinski definition) is 1. The first-order chi connectivity index (χ1) is 17.5. The lowest BCUT2D eigenvalue weighted by Crippen LogP contribution is -2.32. The SMILES string of the molecule is COc1cccc(C(=O)N(CCc2ccccc2)Cc2cc(C(=O)NCc3ccc(F)cc3)no2)c1. The lowest BCUT2D eigenvalue weighted by Gasteiger charge is -2.22. The maximum Gasteiger partial charge on any atom is 0.273 e. The standard InChI is InChI=1S/C28H26FN3O4/c1-35-24-9-5-8-22(16-24)28(34)32(15-14-20-6-3-2-4-7-20)19-25-17-26(31-36-25)27(33)30-18-21-10-12-23(29)13-11-21/h2-13,16-17H,14-15,18-19H2,1H3,(H,30,33). The first kappa shape index (κ1) is 24.7. The van der Waals surface area contributed by atoms with E-state index in [1.165, 1.54) is 18.2 Å². The Balaban J connectivity index is 1.45. The number of halogens is 1. The van der Waals surface area contributed by atoms with Crippen molar-refractivity contribution in [3.05, 3.63) is 119 Å². The van der Waals surface area contributed by atoms with Crippen molar-refractivity contribution in [1.29, 1.82) is 0 Å². The average molecular weight is 488 g/mol. The highest BCUT2D eigenvalue weighted by Gasteiger charge is 2.20. The summed E-state index contributed by atoms with van der Waals surface area (Å²) in [5.74, 6) is 0.00855. The average Bonchev–Trinajstić information content (AvgIpc) is 3.39. The molecule has 1 heterocycles. The molecule has 36 heavy (non-hydrogen) atoms. The van der Waals surface area contributed by atoms with Crippen LogP contribution in [0.5, 0.6) is 5.75 Å². The van der Waals surface area contributed by atoms with Crippen molar-refractivity contribution in [2.45, 2.75) is 19.5 Å². The lowest BCUT2D eigenvalue weighted by atomic mass is 10.1. The number of rotatable bonds is 10. The largest absolute Gasteiger partial charge is 0.497 e. The van der Waals surface area contributed by atoms with Gasteiger partial charge in [0.25, 0.3) is 11.8 Å². The monoisotopic (exact) mass is 487 g/mol. The summed E-state index contributed by atoms with van der Waals surface area (Å²) in [5.41, 5.74) is 2.44. The fraction of sp³-hybridized carbons (Fsp3) is 0.179. The number of aromatic nitrogens is 1. The van der Waals surface area contributed by atoms with Gasteiger partial charge in [0.2, 0.25) is 0 Å². The molecule has 0 atom stereocenters. The second kappa shape index (κ2) is 11.8. The van der Waals surface area contributed by atoms with E-state index in [0.29, 0.717) is 30.0 Å². The summed E-state index contributed by atoms with van der Waals surface area (Å²) in [7, 11) is 1.55. The van der Waals surface area contributed by atoms with Crippen molar-refractivity contribution < 1.29 is 23.2 Å². The summed E-state index contributed by atoms with van der Waals surface area (Å²) in [5, 5.41) is 6.60. The number of hydrogen-bond acceptors (Lipinski definition) is 5.